The molecule has 2 aromatic carbocycles. The van der Waals surface area contributed by atoms with E-state index >= 15 is 0 Å². The number of halogens is 4. The van der Waals surface area contributed by atoms with Gasteiger partial charge in [0.1, 0.15) is 23.7 Å². The standard InChI is InChI=1S/C27H27ClF3N5O3/c1-3-4-9-24-35-25(28)21(15-37)36(24)10-6-11-39-23-13-19-20(14-22(23)38-2)32-16-33-26(19)34-18-8-5-7-17(12-18)27(29,30)31/h5,7-8,12-16H,3-4,6,9-11H2,1-2H3,(H,32,33,34). The number of carbonyl (C=O) groups excluding carboxylic acids is 1. The van der Waals surface area contributed by atoms with Crippen molar-refractivity contribution < 1.29 is 27.4 Å². The lowest BCUT2D eigenvalue weighted by molar-refractivity contribution is -0.137. The summed E-state index contributed by atoms with van der Waals surface area (Å²) >= 11 is 6.15. The van der Waals surface area contributed by atoms with Gasteiger partial charge in [0.05, 0.1) is 24.8 Å². The lowest BCUT2D eigenvalue weighted by atomic mass is 10.1. The van der Waals surface area contributed by atoms with Gasteiger partial charge >= 0.3 is 6.18 Å². The number of unbranched alkanes of at least 4 members (excludes halogenated alkanes) is 1. The molecule has 2 heterocycles. The maximum Gasteiger partial charge on any atom is 0.416 e. The minimum Gasteiger partial charge on any atom is -0.493 e. The SMILES string of the molecule is CCCCc1nc(Cl)c(C=O)n1CCCOc1cc2c(Nc3cccc(C(F)(F)F)c3)ncnc2cc1OC. The van der Waals surface area contributed by atoms with Crippen LogP contribution in [0, 0.1) is 0 Å². The van der Waals surface area contributed by atoms with Crippen LogP contribution in [0.5, 0.6) is 11.5 Å². The number of aldehydes is 1. The third-order valence-corrected chi connectivity index (χ3v) is 6.34. The highest BCUT2D eigenvalue weighted by molar-refractivity contribution is 6.31. The van der Waals surface area contributed by atoms with Crippen LogP contribution in [0.25, 0.3) is 10.9 Å². The number of rotatable bonds is 12. The van der Waals surface area contributed by atoms with Crippen molar-refractivity contribution in [2.45, 2.75) is 45.3 Å². The molecule has 0 atom stereocenters. The summed E-state index contributed by atoms with van der Waals surface area (Å²) in [6.45, 7) is 2.84. The van der Waals surface area contributed by atoms with Crippen LogP contribution in [0.2, 0.25) is 5.15 Å². The molecular formula is C27H27ClF3N5O3. The molecule has 0 saturated heterocycles. The quantitative estimate of drug-likeness (QED) is 0.149. The number of carbonyl (C=O) groups is 1. The molecule has 2 aromatic heterocycles. The number of nitrogens with one attached hydrogen (secondary N) is 1. The number of aryl methyl sites for hydroxylation is 1. The summed E-state index contributed by atoms with van der Waals surface area (Å²) in [6.07, 6.45) is 0.728. The zero-order valence-corrected chi connectivity index (χ0v) is 22.1. The molecule has 0 aliphatic carbocycles. The maximum absolute atomic E-state index is 13.2. The number of anilines is 2. The smallest absolute Gasteiger partial charge is 0.416 e. The second-order valence-electron chi connectivity index (χ2n) is 8.73. The number of hydrogen-bond donors (Lipinski definition) is 1. The van der Waals surface area contributed by atoms with Gasteiger partial charge < -0.3 is 19.4 Å². The number of benzene rings is 2. The summed E-state index contributed by atoms with van der Waals surface area (Å²) in [6, 6.07) is 8.22. The van der Waals surface area contributed by atoms with Crippen LogP contribution in [-0.4, -0.2) is 39.5 Å². The summed E-state index contributed by atoms with van der Waals surface area (Å²) < 4.78 is 52.8. The number of fused-ring (bicyclic) bond motifs is 1. The molecular weight excluding hydrogens is 535 g/mol. The lowest BCUT2D eigenvalue weighted by Crippen LogP contribution is -2.11. The molecule has 0 aliphatic heterocycles. The Balaban J connectivity index is 1.53. The second kappa shape index (κ2) is 12.3. The molecule has 206 valence electrons. The topological polar surface area (TPSA) is 91.2 Å². The number of hydrogen-bond acceptors (Lipinski definition) is 7. The van der Waals surface area contributed by atoms with E-state index < -0.39 is 11.7 Å². The first-order chi connectivity index (χ1) is 18.7. The molecule has 0 spiro atoms. The zero-order valence-electron chi connectivity index (χ0n) is 21.4. The first-order valence-corrected chi connectivity index (χ1v) is 12.7. The van der Waals surface area contributed by atoms with Gasteiger partial charge in [-0.3, -0.25) is 4.79 Å². The molecule has 4 aromatic rings. The highest BCUT2D eigenvalue weighted by atomic mass is 35.5. The molecule has 1 N–H and O–H groups in total. The Kier molecular flexibility index (Phi) is 8.90. The van der Waals surface area contributed by atoms with Crippen molar-refractivity contribution >= 4 is 40.3 Å². The van der Waals surface area contributed by atoms with Gasteiger partial charge in [0.2, 0.25) is 0 Å². The van der Waals surface area contributed by atoms with E-state index in [-0.39, 0.29) is 17.4 Å². The lowest BCUT2D eigenvalue weighted by Gasteiger charge is -2.15. The highest BCUT2D eigenvalue weighted by Crippen LogP contribution is 2.36. The van der Waals surface area contributed by atoms with Crippen molar-refractivity contribution in [2.24, 2.45) is 0 Å². The molecule has 0 aliphatic rings. The van der Waals surface area contributed by atoms with E-state index in [9.17, 15) is 18.0 Å². The monoisotopic (exact) mass is 561 g/mol. The second-order valence-corrected chi connectivity index (χ2v) is 9.08. The molecule has 12 heteroatoms. The van der Waals surface area contributed by atoms with E-state index in [4.69, 9.17) is 21.1 Å². The Morgan fingerprint density at radius 1 is 1.13 bits per heavy atom. The first-order valence-electron chi connectivity index (χ1n) is 12.3. The molecule has 0 fully saturated rings. The van der Waals surface area contributed by atoms with E-state index in [0.717, 1.165) is 30.8 Å². The van der Waals surface area contributed by atoms with Gasteiger partial charge in [-0.1, -0.05) is 31.0 Å². The van der Waals surface area contributed by atoms with Crippen molar-refractivity contribution in [3.63, 3.8) is 0 Å². The number of aromatic nitrogens is 4. The molecule has 0 unspecified atom stereocenters. The average Bonchev–Trinajstić information content (AvgIpc) is 3.23. The maximum atomic E-state index is 13.2. The van der Waals surface area contributed by atoms with E-state index in [2.05, 4.69) is 27.2 Å². The fourth-order valence-electron chi connectivity index (χ4n) is 4.12. The highest BCUT2D eigenvalue weighted by Gasteiger charge is 2.30. The summed E-state index contributed by atoms with van der Waals surface area (Å²) in [7, 11) is 1.50. The van der Waals surface area contributed by atoms with Crippen molar-refractivity contribution in [3.8, 4) is 11.5 Å². The number of nitrogens with zero attached hydrogens (tertiary/aromatic N) is 4. The molecule has 0 bridgehead atoms. The third-order valence-electron chi connectivity index (χ3n) is 6.06. The zero-order chi connectivity index (χ0) is 28.0. The first kappa shape index (κ1) is 28.2. The van der Waals surface area contributed by atoms with Crippen LogP contribution in [-0.2, 0) is 19.1 Å². The van der Waals surface area contributed by atoms with Crippen LogP contribution >= 0.6 is 11.6 Å². The van der Waals surface area contributed by atoms with E-state index in [1.165, 1.54) is 25.6 Å². The molecule has 8 nitrogen and oxygen atoms in total. The van der Waals surface area contributed by atoms with Gasteiger partial charge in [-0.25, -0.2) is 15.0 Å². The van der Waals surface area contributed by atoms with Gasteiger partial charge in [0.25, 0.3) is 0 Å². The summed E-state index contributed by atoms with van der Waals surface area (Å²) in [5.41, 5.74) is 0.319. The number of imidazole rings is 1. The Hall–Kier alpha value is -3.86. The molecule has 39 heavy (non-hydrogen) atoms. The van der Waals surface area contributed by atoms with Crippen molar-refractivity contribution in [1.29, 1.82) is 0 Å². The van der Waals surface area contributed by atoms with Crippen LogP contribution in [0.1, 0.15) is 48.1 Å². The Morgan fingerprint density at radius 2 is 1.95 bits per heavy atom. The fraction of sp³-hybridized carbons (Fsp3) is 0.333. The van der Waals surface area contributed by atoms with Gasteiger partial charge in [-0.15, -0.1) is 0 Å². The summed E-state index contributed by atoms with van der Waals surface area (Å²) in [5, 5.41) is 3.68. The van der Waals surface area contributed by atoms with E-state index in [1.54, 1.807) is 12.1 Å². The Morgan fingerprint density at radius 3 is 2.67 bits per heavy atom. The van der Waals surface area contributed by atoms with Crippen LogP contribution in [0.15, 0.2) is 42.7 Å². The third kappa shape index (κ3) is 6.59. The Labute approximate surface area is 228 Å². The van der Waals surface area contributed by atoms with Crippen LogP contribution < -0.4 is 14.8 Å². The molecule has 0 radical (unpaired) electrons. The fourth-order valence-corrected chi connectivity index (χ4v) is 4.36. The predicted molar refractivity (Wildman–Crippen MR) is 142 cm³/mol. The van der Waals surface area contributed by atoms with Gasteiger partial charge in [0.15, 0.2) is 22.9 Å². The largest absolute Gasteiger partial charge is 0.493 e. The van der Waals surface area contributed by atoms with E-state index in [1.807, 2.05) is 4.57 Å². The van der Waals surface area contributed by atoms with Crippen molar-refractivity contribution in [2.75, 3.05) is 19.0 Å². The van der Waals surface area contributed by atoms with E-state index in [0.29, 0.717) is 59.6 Å². The van der Waals surface area contributed by atoms with Crippen molar-refractivity contribution in [1.82, 2.24) is 19.5 Å². The number of alkyl halides is 3. The Bertz CT molecular complexity index is 1460. The number of methoxy groups -OCH3 is 1. The predicted octanol–water partition coefficient (Wildman–Crippen LogP) is 6.87. The van der Waals surface area contributed by atoms with Crippen LogP contribution in [0.4, 0.5) is 24.7 Å². The normalized spacial score (nSPS) is 11.5. The average molecular weight is 562 g/mol. The van der Waals surface area contributed by atoms with Crippen LogP contribution in [0.3, 0.4) is 0 Å². The van der Waals surface area contributed by atoms with Crippen molar-refractivity contribution in [3.05, 3.63) is 65.0 Å². The van der Waals surface area contributed by atoms with Gasteiger partial charge in [-0.05, 0) is 37.1 Å². The minimum atomic E-state index is -4.47. The number of ether oxygens (including phenoxy) is 2. The minimum absolute atomic E-state index is 0.189. The summed E-state index contributed by atoms with van der Waals surface area (Å²) in [5.74, 6) is 1.93. The molecule has 4 rings (SSSR count). The molecule has 0 amide bonds. The summed E-state index contributed by atoms with van der Waals surface area (Å²) in [4.78, 5) is 24.4. The van der Waals surface area contributed by atoms with Gasteiger partial charge in [-0.2, -0.15) is 13.2 Å². The molecule has 0 saturated carbocycles. The van der Waals surface area contributed by atoms with Gasteiger partial charge in [0, 0.05) is 30.1 Å².